The lowest BCUT2D eigenvalue weighted by molar-refractivity contribution is 0.773. The molecule has 0 radical (unpaired) electrons. The molecule has 2 aromatic rings. The summed E-state index contributed by atoms with van der Waals surface area (Å²) in [5.41, 5.74) is 8.15. The van der Waals surface area contributed by atoms with Crippen molar-refractivity contribution in [1.82, 2.24) is 4.98 Å². The van der Waals surface area contributed by atoms with Crippen LogP contribution in [0.2, 0.25) is 0 Å². The predicted octanol–water partition coefficient (Wildman–Crippen LogP) is 3.21. The molecule has 2 heteroatoms. The molecule has 1 aromatic heterocycles. The van der Waals surface area contributed by atoms with E-state index < -0.39 is 0 Å². The average molecular weight is 212 g/mol. The van der Waals surface area contributed by atoms with Gasteiger partial charge in [-0.3, -0.25) is 0 Å². The number of nitrogen functional groups attached to an aromatic ring is 1. The molecular formula is C14H16N2. The zero-order chi connectivity index (χ0) is 11.4. The van der Waals surface area contributed by atoms with E-state index in [0.29, 0.717) is 11.7 Å². The van der Waals surface area contributed by atoms with Gasteiger partial charge in [0.05, 0.1) is 0 Å². The van der Waals surface area contributed by atoms with E-state index in [0.717, 1.165) is 6.42 Å². The van der Waals surface area contributed by atoms with Crippen molar-refractivity contribution in [1.29, 1.82) is 0 Å². The van der Waals surface area contributed by atoms with Gasteiger partial charge >= 0.3 is 0 Å². The first-order chi connectivity index (χ1) is 7.81. The highest BCUT2D eigenvalue weighted by molar-refractivity contribution is 5.35. The Morgan fingerprint density at radius 2 is 1.81 bits per heavy atom. The minimum absolute atomic E-state index is 0.411. The van der Waals surface area contributed by atoms with Crippen LogP contribution >= 0.6 is 0 Å². The number of pyridine rings is 1. The van der Waals surface area contributed by atoms with Gasteiger partial charge in [-0.2, -0.15) is 0 Å². The van der Waals surface area contributed by atoms with Crippen molar-refractivity contribution in [2.45, 2.75) is 19.3 Å². The van der Waals surface area contributed by atoms with Crippen LogP contribution in [0, 0.1) is 0 Å². The minimum atomic E-state index is 0.411. The van der Waals surface area contributed by atoms with Crippen molar-refractivity contribution >= 4 is 5.82 Å². The summed E-state index contributed by atoms with van der Waals surface area (Å²) >= 11 is 0. The molecule has 0 aliphatic rings. The van der Waals surface area contributed by atoms with Gasteiger partial charge in [0, 0.05) is 12.1 Å². The van der Waals surface area contributed by atoms with Crippen molar-refractivity contribution in [3.63, 3.8) is 0 Å². The van der Waals surface area contributed by atoms with Gasteiger partial charge in [-0.05, 0) is 23.6 Å². The molecule has 0 aliphatic heterocycles. The van der Waals surface area contributed by atoms with E-state index in [9.17, 15) is 0 Å². The molecule has 0 saturated carbocycles. The van der Waals surface area contributed by atoms with Crippen LogP contribution in [0.3, 0.4) is 0 Å². The molecule has 0 spiro atoms. The molecule has 0 amide bonds. The number of nitrogens with two attached hydrogens (primary N) is 1. The van der Waals surface area contributed by atoms with Crippen LogP contribution in [-0.4, -0.2) is 4.98 Å². The Morgan fingerprint density at radius 3 is 2.38 bits per heavy atom. The smallest absolute Gasteiger partial charge is 0.123 e. The number of benzene rings is 1. The molecule has 82 valence electrons. The minimum Gasteiger partial charge on any atom is -0.384 e. The van der Waals surface area contributed by atoms with Gasteiger partial charge in [0.15, 0.2) is 0 Å². The molecule has 2 N–H and O–H groups in total. The summed E-state index contributed by atoms with van der Waals surface area (Å²) < 4.78 is 0. The Labute approximate surface area is 96.1 Å². The molecule has 2 nitrogen and oxygen atoms in total. The third-order valence-electron chi connectivity index (χ3n) is 2.82. The third kappa shape index (κ3) is 2.22. The lowest BCUT2D eigenvalue weighted by atomic mass is 9.90. The molecule has 0 saturated heterocycles. The molecule has 1 atom stereocenters. The molecular weight excluding hydrogens is 196 g/mol. The van der Waals surface area contributed by atoms with Gasteiger partial charge in [-0.1, -0.05) is 43.3 Å². The zero-order valence-electron chi connectivity index (χ0n) is 9.43. The van der Waals surface area contributed by atoms with Crippen molar-refractivity contribution in [3.8, 4) is 0 Å². The van der Waals surface area contributed by atoms with E-state index in [2.05, 4.69) is 42.2 Å². The molecule has 1 heterocycles. The summed E-state index contributed by atoms with van der Waals surface area (Å²) in [6.45, 7) is 2.19. The molecule has 2 rings (SSSR count). The Morgan fingerprint density at radius 1 is 1.06 bits per heavy atom. The molecule has 0 fully saturated rings. The van der Waals surface area contributed by atoms with E-state index in [1.54, 1.807) is 0 Å². The van der Waals surface area contributed by atoms with Crippen molar-refractivity contribution in [2.75, 3.05) is 5.73 Å². The molecule has 0 aliphatic carbocycles. The van der Waals surface area contributed by atoms with Crippen LogP contribution in [0.1, 0.15) is 30.4 Å². The van der Waals surface area contributed by atoms with Crippen molar-refractivity contribution in [3.05, 3.63) is 59.8 Å². The van der Waals surface area contributed by atoms with Crippen LogP contribution in [0.15, 0.2) is 48.7 Å². The van der Waals surface area contributed by atoms with Crippen LogP contribution < -0.4 is 5.73 Å². The van der Waals surface area contributed by atoms with Gasteiger partial charge in [-0.25, -0.2) is 4.98 Å². The Balaban J connectivity index is 2.33. The van der Waals surface area contributed by atoms with Crippen LogP contribution in [0.25, 0.3) is 0 Å². The van der Waals surface area contributed by atoms with Gasteiger partial charge in [0.1, 0.15) is 5.82 Å². The standard InChI is InChI=1S/C14H16N2/c1-2-13(11-6-4-3-5-7-11)12-8-9-14(15)16-10-12/h3-10,13H,2H2,1H3,(H2,15,16). The highest BCUT2D eigenvalue weighted by Gasteiger charge is 2.11. The lowest BCUT2D eigenvalue weighted by Crippen LogP contribution is -2.01. The predicted molar refractivity (Wildman–Crippen MR) is 67.2 cm³/mol. The maximum atomic E-state index is 5.60. The van der Waals surface area contributed by atoms with Crippen LogP contribution in [0.4, 0.5) is 5.82 Å². The molecule has 1 unspecified atom stereocenters. The molecule has 1 aromatic carbocycles. The zero-order valence-corrected chi connectivity index (χ0v) is 9.43. The topological polar surface area (TPSA) is 38.9 Å². The first kappa shape index (κ1) is 10.7. The van der Waals surface area contributed by atoms with Gasteiger partial charge in [0.25, 0.3) is 0 Å². The van der Waals surface area contributed by atoms with E-state index >= 15 is 0 Å². The van der Waals surface area contributed by atoms with E-state index in [1.807, 2.05) is 18.3 Å². The quantitative estimate of drug-likeness (QED) is 0.848. The van der Waals surface area contributed by atoms with E-state index in [1.165, 1.54) is 11.1 Å². The highest BCUT2D eigenvalue weighted by atomic mass is 14.8. The third-order valence-corrected chi connectivity index (χ3v) is 2.82. The second-order valence-corrected chi connectivity index (χ2v) is 3.89. The number of anilines is 1. The second kappa shape index (κ2) is 4.79. The maximum Gasteiger partial charge on any atom is 0.123 e. The highest BCUT2D eigenvalue weighted by Crippen LogP contribution is 2.27. The van der Waals surface area contributed by atoms with Crippen LogP contribution in [0.5, 0.6) is 0 Å². The fourth-order valence-electron chi connectivity index (χ4n) is 1.97. The number of nitrogens with zero attached hydrogens (tertiary/aromatic N) is 1. The largest absolute Gasteiger partial charge is 0.384 e. The Hall–Kier alpha value is -1.83. The monoisotopic (exact) mass is 212 g/mol. The van der Waals surface area contributed by atoms with Crippen molar-refractivity contribution < 1.29 is 0 Å². The average Bonchev–Trinajstić information content (AvgIpc) is 2.34. The van der Waals surface area contributed by atoms with E-state index in [4.69, 9.17) is 5.73 Å². The first-order valence-corrected chi connectivity index (χ1v) is 5.57. The summed E-state index contributed by atoms with van der Waals surface area (Å²) in [6, 6.07) is 14.4. The van der Waals surface area contributed by atoms with Crippen molar-refractivity contribution in [2.24, 2.45) is 0 Å². The normalized spacial score (nSPS) is 12.3. The fraction of sp³-hybridized carbons (Fsp3) is 0.214. The fourth-order valence-corrected chi connectivity index (χ4v) is 1.97. The van der Waals surface area contributed by atoms with Gasteiger partial charge in [0.2, 0.25) is 0 Å². The summed E-state index contributed by atoms with van der Waals surface area (Å²) in [6.07, 6.45) is 2.94. The summed E-state index contributed by atoms with van der Waals surface area (Å²) in [5, 5.41) is 0. The molecule has 0 bridgehead atoms. The Kier molecular flexibility index (Phi) is 3.20. The summed E-state index contributed by atoms with van der Waals surface area (Å²) in [7, 11) is 0. The van der Waals surface area contributed by atoms with Gasteiger partial charge in [-0.15, -0.1) is 0 Å². The first-order valence-electron chi connectivity index (χ1n) is 5.57. The SMILES string of the molecule is CCC(c1ccccc1)c1ccc(N)nc1. The summed E-state index contributed by atoms with van der Waals surface area (Å²) in [5.74, 6) is 0.987. The Bertz CT molecular complexity index is 434. The second-order valence-electron chi connectivity index (χ2n) is 3.89. The number of hydrogen-bond acceptors (Lipinski definition) is 2. The summed E-state index contributed by atoms with van der Waals surface area (Å²) in [4.78, 5) is 4.15. The number of aromatic nitrogens is 1. The van der Waals surface area contributed by atoms with Crippen LogP contribution in [-0.2, 0) is 0 Å². The van der Waals surface area contributed by atoms with E-state index in [-0.39, 0.29) is 0 Å². The number of hydrogen-bond donors (Lipinski definition) is 1. The number of rotatable bonds is 3. The lowest BCUT2D eigenvalue weighted by Gasteiger charge is -2.15. The molecule has 16 heavy (non-hydrogen) atoms. The van der Waals surface area contributed by atoms with Gasteiger partial charge < -0.3 is 5.73 Å². The maximum absolute atomic E-state index is 5.60.